The van der Waals surface area contributed by atoms with Crippen molar-refractivity contribution in [3.8, 4) is 0 Å². The summed E-state index contributed by atoms with van der Waals surface area (Å²) in [5.41, 5.74) is 4.55. The smallest absolute Gasteiger partial charge is 0.291 e. The Morgan fingerprint density at radius 2 is 1.85 bits per heavy atom. The van der Waals surface area contributed by atoms with Crippen LogP contribution >= 0.6 is 0 Å². The first-order chi connectivity index (χ1) is 13.1. The maximum absolute atomic E-state index is 13.0. The Bertz CT molecular complexity index is 993. The fourth-order valence-corrected chi connectivity index (χ4v) is 3.33. The van der Waals surface area contributed by atoms with E-state index in [2.05, 4.69) is 17.4 Å². The Kier molecular flexibility index (Phi) is 4.50. The van der Waals surface area contributed by atoms with E-state index in [-0.39, 0.29) is 17.6 Å². The normalized spacial score (nSPS) is 13.1. The molecule has 0 fully saturated rings. The number of hydrogen-bond acceptors (Lipinski definition) is 3. The molecule has 0 bridgehead atoms. The first kappa shape index (κ1) is 17.1. The van der Waals surface area contributed by atoms with Crippen molar-refractivity contribution in [2.45, 2.75) is 19.9 Å². The van der Waals surface area contributed by atoms with Gasteiger partial charge in [0.05, 0.1) is 6.26 Å². The molecule has 1 aliphatic heterocycles. The van der Waals surface area contributed by atoms with E-state index in [0.29, 0.717) is 24.3 Å². The van der Waals surface area contributed by atoms with Crippen LogP contribution in [0, 0.1) is 6.92 Å². The van der Waals surface area contributed by atoms with Crippen molar-refractivity contribution < 1.29 is 14.0 Å². The number of amides is 2. The van der Waals surface area contributed by atoms with Gasteiger partial charge < -0.3 is 14.6 Å². The number of benzene rings is 2. The Hall–Kier alpha value is -3.34. The number of carbonyl (C=O) groups excluding carboxylic acids is 2. The minimum absolute atomic E-state index is 0.0296. The fraction of sp³-hybridized carbons (Fsp3) is 0.182. The van der Waals surface area contributed by atoms with E-state index in [1.165, 1.54) is 17.4 Å². The number of hydrogen-bond donors (Lipinski definition) is 1. The van der Waals surface area contributed by atoms with Gasteiger partial charge in [-0.3, -0.25) is 9.59 Å². The SMILES string of the molecule is Cc1ccc(C(=O)N2CCc3ccccc3C2)cc1NC(=O)c1ccco1. The molecular weight excluding hydrogens is 340 g/mol. The number of furan rings is 1. The number of anilines is 1. The van der Waals surface area contributed by atoms with Gasteiger partial charge in [-0.2, -0.15) is 0 Å². The lowest BCUT2D eigenvalue weighted by Crippen LogP contribution is -2.36. The third-order valence-electron chi connectivity index (χ3n) is 4.90. The molecule has 136 valence electrons. The zero-order valence-electron chi connectivity index (χ0n) is 15.1. The number of rotatable bonds is 3. The van der Waals surface area contributed by atoms with E-state index in [0.717, 1.165) is 12.0 Å². The minimum atomic E-state index is -0.334. The van der Waals surface area contributed by atoms with Crippen LogP contribution in [0.15, 0.2) is 65.3 Å². The molecule has 0 saturated carbocycles. The van der Waals surface area contributed by atoms with E-state index in [9.17, 15) is 9.59 Å². The first-order valence-corrected chi connectivity index (χ1v) is 8.93. The molecule has 27 heavy (non-hydrogen) atoms. The first-order valence-electron chi connectivity index (χ1n) is 8.93. The summed E-state index contributed by atoms with van der Waals surface area (Å²) >= 11 is 0. The average Bonchev–Trinajstić information content (AvgIpc) is 3.24. The summed E-state index contributed by atoms with van der Waals surface area (Å²) in [5, 5.41) is 2.82. The summed E-state index contributed by atoms with van der Waals surface area (Å²) in [6, 6.07) is 16.9. The Labute approximate surface area is 157 Å². The Morgan fingerprint density at radius 1 is 1.04 bits per heavy atom. The highest BCUT2D eigenvalue weighted by Gasteiger charge is 2.22. The molecule has 1 aromatic heterocycles. The van der Waals surface area contributed by atoms with E-state index < -0.39 is 0 Å². The maximum atomic E-state index is 13.0. The molecule has 4 rings (SSSR count). The molecule has 0 spiro atoms. The molecule has 0 saturated heterocycles. The van der Waals surface area contributed by atoms with E-state index >= 15 is 0 Å². The summed E-state index contributed by atoms with van der Waals surface area (Å²) in [7, 11) is 0. The summed E-state index contributed by atoms with van der Waals surface area (Å²) in [5.74, 6) is -0.128. The van der Waals surface area contributed by atoms with Gasteiger partial charge in [-0.15, -0.1) is 0 Å². The molecule has 0 unspecified atom stereocenters. The molecule has 3 aromatic rings. The molecule has 0 atom stereocenters. The second-order valence-electron chi connectivity index (χ2n) is 6.71. The van der Waals surface area contributed by atoms with Gasteiger partial charge in [0.15, 0.2) is 5.76 Å². The fourth-order valence-electron chi connectivity index (χ4n) is 3.33. The largest absolute Gasteiger partial charge is 0.459 e. The zero-order valence-corrected chi connectivity index (χ0v) is 15.1. The van der Waals surface area contributed by atoms with Crippen LogP contribution in [-0.2, 0) is 13.0 Å². The maximum Gasteiger partial charge on any atom is 0.291 e. The molecule has 2 amide bonds. The van der Waals surface area contributed by atoms with Crippen LogP contribution in [0.25, 0.3) is 0 Å². The molecular formula is C22H20N2O3. The lowest BCUT2D eigenvalue weighted by Gasteiger charge is -2.29. The standard InChI is InChI=1S/C22H20N2O3/c1-15-8-9-17(13-19(15)23-21(25)20-7-4-12-27-20)22(26)24-11-10-16-5-2-3-6-18(16)14-24/h2-9,12-13H,10-11,14H2,1H3,(H,23,25). The van der Waals surface area contributed by atoms with Gasteiger partial charge in [-0.1, -0.05) is 30.3 Å². The van der Waals surface area contributed by atoms with Crippen LogP contribution in [0.4, 0.5) is 5.69 Å². The summed E-state index contributed by atoms with van der Waals surface area (Å²) < 4.78 is 5.13. The van der Waals surface area contributed by atoms with Crippen LogP contribution in [0.2, 0.25) is 0 Å². The molecule has 2 aromatic carbocycles. The lowest BCUT2D eigenvalue weighted by atomic mass is 9.99. The average molecular weight is 360 g/mol. The molecule has 1 N–H and O–H groups in total. The second kappa shape index (κ2) is 7.11. The summed E-state index contributed by atoms with van der Waals surface area (Å²) in [6.45, 7) is 3.19. The monoisotopic (exact) mass is 360 g/mol. The quantitative estimate of drug-likeness (QED) is 0.767. The number of fused-ring (bicyclic) bond motifs is 1. The van der Waals surface area contributed by atoms with Gasteiger partial charge in [-0.05, 0) is 54.3 Å². The zero-order chi connectivity index (χ0) is 18.8. The predicted octanol–water partition coefficient (Wildman–Crippen LogP) is 4.04. The lowest BCUT2D eigenvalue weighted by molar-refractivity contribution is 0.0734. The van der Waals surface area contributed by atoms with Crippen LogP contribution in [0.1, 0.15) is 37.6 Å². The number of nitrogens with zero attached hydrogens (tertiary/aromatic N) is 1. The van der Waals surface area contributed by atoms with Crippen molar-refractivity contribution in [2.75, 3.05) is 11.9 Å². The highest BCUT2D eigenvalue weighted by atomic mass is 16.3. The molecule has 0 radical (unpaired) electrons. The number of nitrogens with one attached hydrogen (secondary N) is 1. The van der Waals surface area contributed by atoms with Gasteiger partial charge in [0.1, 0.15) is 0 Å². The van der Waals surface area contributed by atoms with Crippen LogP contribution < -0.4 is 5.32 Å². The van der Waals surface area contributed by atoms with Crippen molar-refractivity contribution in [2.24, 2.45) is 0 Å². The molecule has 0 aliphatic carbocycles. The van der Waals surface area contributed by atoms with E-state index in [1.807, 2.05) is 30.0 Å². The van der Waals surface area contributed by atoms with Gasteiger partial charge in [0.25, 0.3) is 11.8 Å². The molecule has 2 heterocycles. The highest BCUT2D eigenvalue weighted by Crippen LogP contribution is 2.23. The summed E-state index contributed by atoms with van der Waals surface area (Å²) in [4.78, 5) is 27.1. The topological polar surface area (TPSA) is 62.6 Å². The predicted molar refractivity (Wildman–Crippen MR) is 103 cm³/mol. The Morgan fingerprint density at radius 3 is 2.63 bits per heavy atom. The van der Waals surface area contributed by atoms with Gasteiger partial charge in [0, 0.05) is 24.3 Å². The van der Waals surface area contributed by atoms with Crippen LogP contribution in [0.3, 0.4) is 0 Å². The third-order valence-corrected chi connectivity index (χ3v) is 4.90. The van der Waals surface area contributed by atoms with Gasteiger partial charge in [-0.25, -0.2) is 0 Å². The molecule has 5 heteroatoms. The van der Waals surface area contributed by atoms with E-state index in [1.54, 1.807) is 24.3 Å². The minimum Gasteiger partial charge on any atom is -0.459 e. The summed E-state index contributed by atoms with van der Waals surface area (Å²) in [6.07, 6.45) is 2.31. The van der Waals surface area contributed by atoms with E-state index in [4.69, 9.17) is 4.42 Å². The van der Waals surface area contributed by atoms with Crippen molar-refractivity contribution >= 4 is 17.5 Å². The number of aryl methyl sites for hydroxylation is 1. The van der Waals surface area contributed by atoms with Crippen molar-refractivity contribution in [3.63, 3.8) is 0 Å². The number of carbonyl (C=O) groups is 2. The van der Waals surface area contributed by atoms with Gasteiger partial charge in [0.2, 0.25) is 0 Å². The Balaban J connectivity index is 1.54. The van der Waals surface area contributed by atoms with Crippen LogP contribution in [0.5, 0.6) is 0 Å². The third kappa shape index (κ3) is 3.49. The molecule has 5 nitrogen and oxygen atoms in total. The van der Waals surface area contributed by atoms with Crippen molar-refractivity contribution in [3.05, 3.63) is 88.9 Å². The van der Waals surface area contributed by atoms with Crippen LogP contribution in [-0.4, -0.2) is 23.3 Å². The van der Waals surface area contributed by atoms with Crippen molar-refractivity contribution in [1.82, 2.24) is 4.90 Å². The second-order valence-corrected chi connectivity index (χ2v) is 6.71. The van der Waals surface area contributed by atoms with Gasteiger partial charge >= 0.3 is 0 Å². The molecule has 1 aliphatic rings. The van der Waals surface area contributed by atoms with Crippen molar-refractivity contribution in [1.29, 1.82) is 0 Å². The highest BCUT2D eigenvalue weighted by molar-refractivity contribution is 6.04.